The third-order valence-electron chi connectivity index (χ3n) is 3.71. The van der Waals surface area contributed by atoms with Gasteiger partial charge < -0.3 is 15.6 Å². The van der Waals surface area contributed by atoms with Crippen LogP contribution in [0.1, 0.15) is 24.0 Å². The topological polar surface area (TPSA) is 72.9 Å². The Morgan fingerprint density at radius 3 is 2.55 bits per heavy atom. The van der Waals surface area contributed by atoms with Crippen LogP contribution in [-0.2, 0) is 17.9 Å². The summed E-state index contributed by atoms with van der Waals surface area (Å²) in [6, 6.07) is 8.08. The largest absolute Gasteiger partial charge is 0.350 e. The molecule has 1 aromatic heterocycles. The molecule has 0 unspecified atom stereocenters. The summed E-state index contributed by atoms with van der Waals surface area (Å²) >= 11 is 0. The molecule has 1 amide bonds. The number of nitrogens with two attached hydrogens (primary N) is 1. The first-order chi connectivity index (χ1) is 9.67. The van der Waals surface area contributed by atoms with Crippen molar-refractivity contribution in [3.63, 3.8) is 0 Å². The van der Waals surface area contributed by atoms with Gasteiger partial charge >= 0.3 is 0 Å². The molecule has 1 aromatic carbocycles. The van der Waals surface area contributed by atoms with Crippen LogP contribution in [-0.4, -0.2) is 21.0 Å². The number of nitrogens with zero attached hydrogens (tertiary/aromatic N) is 2. The number of halogens is 2. The summed E-state index contributed by atoms with van der Waals surface area (Å²) < 4.78 is 2.01. The van der Waals surface area contributed by atoms with Crippen molar-refractivity contribution in [1.82, 2.24) is 14.9 Å². The van der Waals surface area contributed by atoms with E-state index in [2.05, 4.69) is 16.4 Å². The Bertz CT molecular complexity index is 612. The number of hydrogen-bond acceptors (Lipinski definition) is 3. The van der Waals surface area contributed by atoms with E-state index in [1.54, 1.807) is 12.5 Å². The zero-order chi connectivity index (χ0) is 14.0. The third-order valence-corrected chi connectivity index (χ3v) is 3.71. The number of carbonyl (C=O) groups excluding carboxylic acids is 1. The minimum atomic E-state index is -0.612. The summed E-state index contributed by atoms with van der Waals surface area (Å²) in [5, 5.41) is 2.93. The quantitative estimate of drug-likeness (QED) is 0.871. The number of amides is 1. The Hall–Kier alpha value is -1.56. The van der Waals surface area contributed by atoms with Crippen LogP contribution in [0.25, 0.3) is 0 Å². The summed E-state index contributed by atoms with van der Waals surface area (Å²) in [4.78, 5) is 15.9. The fourth-order valence-corrected chi connectivity index (χ4v) is 2.17. The zero-order valence-corrected chi connectivity index (χ0v) is 13.7. The van der Waals surface area contributed by atoms with Gasteiger partial charge in [-0.2, -0.15) is 0 Å². The second-order valence-electron chi connectivity index (χ2n) is 5.34. The molecule has 3 rings (SSSR count). The van der Waals surface area contributed by atoms with Gasteiger partial charge in [-0.15, -0.1) is 24.8 Å². The highest BCUT2D eigenvalue weighted by Crippen LogP contribution is 2.32. The average molecular weight is 343 g/mol. The molecule has 0 spiro atoms. The van der Waals surface area contributed by atoms with Crippen LogP contribution < -0.4 is 11.1 Å². The van der Waals surface area contributed by atoms with Gasteiger partial charge in [0, 0.05) is 25.5 Å². The molecule has 0 saturated heterocycles. The number of imidazole rings is 1. The molecule has 5 nitrogen and oxygen atoms in total. The Morgan fingerprint density at radius 1 is 1.27 bits per heavy atom. The number of carbonyl (C=O) groups is 1. The number of aromatic nitrogens is 2. The van der Waals surface area contributed by atoms with Gasteiger partial charge in [0.25, 0.3) is 0 Å². The normalized spacial score (nSPS) is 14.4. The smallest absolute Gasteiger partial charge is 0.240 e. The van der Waals surface area contributed by atoms with Crippen LogP contribution in [0.4, 0.5) is 0 Å². The van der Waals surface area contributed by atoms with Gasteiger partial charge in [-0.3, -0.25) is 4.79 Å². The predicted molar refractivity (Wildman–Crippen MR) is 90.3 cm³/mol. The van der Waals surface area contributed by atoms with E-state index in [1.165, 1.54) is 5.56 Å². The van der Waals surface area contributed by atoms with E-state index in [0.717, 1.165) is 24.9 Å². The molecule has 1 aliphatic rings. The number of benzene rings is 1. The molecule has 0 aliphatic heterocycles. The molecule has 0 atom stereocenters. The van der Waals surface area contributed by atoms with Crippen LogP contribution in [0.3, 0.4) is 0 Å². The van der Waals surface area contributed by atoms with Gasteiger partial charge in [-0.25, -0.2) is 4.98 Å². The lowest BCUT2D eigenvalue weighted by atomic mass is 10.1. The first-order valence-electron chi connectivity index (χ1n) is 6.77. The molecule has 7 heteroatoms. The molecule has 2 aromatic rings. The maximum Gasteiger partial charge on any atom is 0.240 e. The van der Waals surface area contributed by atoms with Crippen molar-refractivity contribution in [3.05, 3.63) is 54.1 Å². The highest BCUT2D eigenvalue weighted by atomic mass is 35.5. The molecular formula is C15H20Cl2N4O. The van der Waals surface area contributed by atoms with Gasteiger partial charge in [0.2, 0.25) is 5.91 Å². The molecule has 0 bridgehead atoms. The van der Waals surface area contributed by atoms with Crippen molar-refractivity contribution < 1.29 is 4.79 Å². The lowest BCUT2D eigenvalue weighted by molar-refractivity contribution is -0.123. The Morgan fingerprint density at radius 2 is 1.95 bits per heavy atom. The average Bonchev–Trinajstić information content (AvgIpc) is 3.00. The highest BCUT2D eigenvalue weighted by molar-refractivity contribution is 5.88. The van der Waals surface area contributed by atoms with Gasteiger partial charge in [-0.1, -0.05) is 24.3 Å². The second kappa shape index (κ2) is 7.63. The summed E-state index contributed by atoms with van der Waals surface area (Å²) in [6.07, 6.45) is 7.05. The van der Waals surface area contributed by atoms with E-state index in [-0.39, 0.29) is 30.7 Å². The van der Waals surface area contributed by atoms with Gasteiger partial charge in [0.05, 0.1) is 11.9 Å². The summed E-state index contributed by atoms with van der Waals surface area (Å²) in [5.74, 6) is -0.0464. The maximum absolute atomic E-state index is 11.9. The van der Waals surface area contributed by atoms with Crippen molar-refractivity contribution in [2.75, 3.05) is 0 Å². The standard InChI is InChI=1S/C15H18N4O.2ClH/c16-15(5-6-15)14(20)18-9-12-3-1-2-4-13(12)10-19-8-7-17-11-19;;/h1-4,7-8,11H,5-6,9-10,16H2,(H,18,20);2*1H. The highest BCUT2D eigenvalue weighted by Gasteiger charge is 2.45. The minimum absolute atomic E-state index is 0. The molecule has 120 valence electrons. The number of hydrogen-bond donors (Lipinski definition) is 2. The molecule has 1 heterocycles. The molecule has 1 saturated carbocycles. The van der Waals surface area contributed by atoms with Crippen LogP contribution in [0.5, 0.6) is 0 Å². The van der Waals surface area contributed by atoms with Crippen molar-refractivity contribution >= 4 is 30.7 Å². The summed E-state index contributed by atoms with van der Waals surface area (Å²) in [6.45, 7) is 1.27. The SMILES string of the molecule is Cl.Cl.NC1(C(=O)NCc2ccccc2Cn2ccnc2)CC1. The van der Waals surface area contributed by atoms with Crippen LogP contribution in [0, 0.1) is 0 Å². The first kappa shape index (κ1) is 18.5. The lowest BCUT2D eigenvalue weighted by Gasteiger charge is -2.13. The van der Waals surface area contributed by atoms with E-state index in [4.69, 9.17) is 5.73 Å². The molecule has 3 N–H and O–H groups in total. The van der Waals surface area contributed by atoms with Crippen LogP contribution in [0.15, 0.2) is 43.0 Å². The monoisotopic (exact) mass is 342 g/mol. The summed E-state index contributed by atoms with van der Waals surface area (Å²) in [7, 11) is 0. The first-order valence-corrected chi connectivity index (χ1v) is 6.77. The summed E-state index contributed by atoms with van der Waals surface area (Å²) in [5.41, 5.74) is 7.55. The van der Waals surface area contributed by atoms with Gasteiger partial charge in [0.15, 0.2) is 0 Å². The Balaban J connectivity index is 0.00000121. The Kier molecular flexibility index (Phi) is 6.41. The molecule has 22 heavy (non-hydrogen) atoms. The van der Waals surface area contributed by atoms with Crippen molar-refractivity contribution in [2.24, 2.45) is 5.73 Å². The number of nitrogens with one attached hydrogen (secondary N) is 1. The lowest BCUT2D eigenvalue weighted by Crippen LogP contribution is -2.42. The zero-order valence-electron chi connectivity index (χ0n) is 12.1. The van der Waals surface area contributed by atoms with Crippen LogP contribution >= 0.6 is 24.8 Å². The van der Waals surface area contributed by atoms with Crippen molar-refractivity contribution in [2.45, 2.75) is 31.5 Å². The van der Waals surface area contributed by atoms with Gasteiger partial charge in [-0.05, 0) is 24.0 Å². The molecule has 1 aliphatic carbocycles. The van der Waals surface area contributed by atoms with E-state index < -0.39 is 5.54 Å². The fraction of sp³-hybridized carbons (Fsp3) is 0.333. The molecule has 0 radical (unpaired) electrons. The molecular weight excluding hydrogens is 323 g/mol. The van der Waals surface area contributed by atoms with E-state index in [1.807, 2.05) is 29.0 Å². The van der Waals surface area contributed by atoms with Crippen molar-refractivity contribution in [3.8, 4) is 0 Å². The van der Waals surface area contributed by atoms with Gasteiger partial charge in [0.1, 0.15) is 0 Å². The second-order valence-corrected chi connectivity index (χ2v) is 5.34. The van der Waals surface area contributed by atoms with E-state index >= 15 is 0 Å². The number of rotatable bonds is 5. The third kappa shape index (κ3) is 4.22. The minimum Gasteiger partial charge on any atom is -0.350 e. The predicted octanol–water partition coefficient (Wildman–Crippen LogP) is 1.88. The van der Waals surface area contributed by atoms with E-state index in [0.29, 0.717) is 6.54 Å². The van der Waals surface area contributed by atoms with Crippen LogP contribution in [0.2, 0.25) is 0 Å². The van der Waals surface area contributed by atoms with Crippen molar-refractivity contribution in [1.29, 1.82) is 0 Å². The Labute approximate surface area is 142 Å². The fourth-order valence-electron chi connectivity index (χ4n) is 2.17. The van der Waals surface area contributed by atoms with E-state index in [9.17, 15) is 4.79 Å². The molecule has 1 fully saturated rings. The maximum atomic E-state index is 11.9.